The van der Waals surface area contributed by atoms with Crippen molar-refractivity contribution in [3.8, 4) is 11.5 Å². The predicted molar refractivity (Wildman–Crippen MR) is 143 cm³/mol. The van der Waals surface area contributed by atoms with E-state index in [0.717, 1.165) is 52.6 Å². The Morgan fingerprint density at radius 3 is 2.64 bits per heavy atom. The van der Waals surface area contributed by atoms with E-state index in [1.54, 1.807) is 0 Å². The van der Waals surface area contributed by atoms with E-state index in [0.29, 0.717) is 26.2 Å². The van der Waals surface area contributed by atoms with Crippen molar-refractivity contribution in [3.05, 3.63) is 83.7 Å². The number of carbonyl (C=O) groups is 1. The molecule has 5 rings (SSSR count). The molecule has 6 nitrogen and oxygen atoms in total. The molecule has 36 heavy (non-hydrogen) atoms. The number of nitrogens with zero attached hydrogens (tertiary/aromatic N) is 3. The Bertz CT molecular complexity index is 1380. The van der Waals surface area contributed by atoms with E-state index < -0.39 is 0 Å². The summed E-state index contributed by atoms with van der Waals surface area (Å²) in [7, 11) is 0. The molecule has 1 amide bonds. The van der Waals surface area contributed by atoms with Crippen LogP contribution in [-0.4, -0.2) is 35.2 Å². The number of hydrogen-bond donors (Lipinski definition) is 0. The van der Waals surface area contributed by atoms with E-state index in [1.165, 1.54) is 5.56 Å². The summed E-state index contributed by atoms with van der Waals surface area (Å²) in [6, 6.07) is 22.3. The van der Waals surface area contributed by atoms with E-state index in [4.69, 9.17) is 14.5 Å². The van der Waals surface area contributed by atoms with Gasteiger partial charge in [0, 0.05) is 25.4 Å². The van der Waals surface area contributed by atoms with Gasteiger partial charge in [-0.15, -0.1) is 0 Å². The van der Waals surface area contributed by atoms with Gasteiger partial charge >= 0.3 is 0 Å². The number of rotatable bonds is 9. The summed E-state index contributed by atoms with van der Waals surface area (Å²) in [6.45, 7) is 8.65. The lowest BCUT2D eigenvalue weighted by atomic mass is 10.1. The number of carbonyl (C=O) groups excluding carboxylic acids is 1. The summed E-state index contributed by atoms with van der Waals surface area (Å²) in [4.78, 5) is 20.0. The molecule has 1 fully saturated rings. The number of ether oxygens (including phenoxy) is 2. The molecular weight excluding hydrogens is 450 g/mol. The highest BCUT2D eigenvalue weighted by atomic mass is 16.5. The van der Waals surface area contributed by atoms with Crippen LogP contribution < -0.4 is 14.4 Å². The highest BCUT2D eigenvalue weighted by Gasteiger charge is 2.35. The third-order valence-corrected chi connectivity index (χ3v) is 6.76. The lowest BCUT2D eigenvalue weighted by Gasteiger charge is -2.20. The molecule has 1 saturated heterocycles. The van der Waals surface area contributed by atoms with Crippen molar-refractivity contribution in [2.45, 2.75) is 46.1 Å². The average Bonchev–Trinajstić information content (AvgIpc) is 3.45. The molecule has 0 aliphatic carbocycles. The molecule has 1 aromatic heterocycles. The fourth-order valence-corrected chi connectivity index (χ4v) is 4.98. The van der Waals surface area contributed by atoms with Crippen LogP contribution in [0.25, 0.3) is 11.0 Å². The number of benzene rings is 3. The van der Waals surface area contributed by atoms with Gasteiger partial charge < -0.3 is 18.9 Å². The topological polar surface area (TPSA) is 56.6 Å². The molecular formula is C30H33N3O3. The minimum absolute atomic E-state index is 0.0134. The molecule has 0 spiro atoms. The van der Waals surface area contributed by atoms with Gasteiger partial charge in [-0.2, -0.15) is 0 Å². The number of hydrogen-bond acceptors (Lipinski definition) is 4. The van der Waals surface area contributed by atoms with Gasteiger partial charge in [0.1, 0.15) is 17.3 Å². The normalized spacial score (nSPS) is 15.6. The fourth-order valence-electron chi connectivity index (χ4n) is 4.98. The third-order valence-electron chi connectivity index (χ3n) is 6.76. The van der Waals surface area contributed by atoms with Gasteiger partial charge in [-0.3, -0.25) is 4.79 Å². The maximum atomic E-state index is 13.1. The zero-order chi connectivity index (χ0) is 25.1. The van der Waals surface area contributed by atoms with Gasteiger partial charge in [0.15, 0.2) is 0 Å². The predicted octanol–water partition coefficient (Wildman–Crippen LogP) is 6.04. The first-order valence-electron chi connectivity index (χ1n) is 12.7. The first-order chi connectivity index (χ1) is 17.5. The van der Waals surface area contributed by atoms with Crippen molar-refractivity contribution in [3.63, 3.8) is 0 Å². The summed E-state index contributed by atoms with van der Waals surface area (Å²) in [5.74, 6) is 2.76. The number of fused-ring (bicyclic) bond motifs is 1. The van der Waals surface area contributed by atoms with Gasteiger partial charge in [0.2, 0.25) is 5.91 Å². The lowest BCUT2D eigenvalue weighted by Crippen LogP contribution is -2.25. The molecule has 1 aliphatic heterocycles. The maximum Gasteiger partial charge on any atom is 0.227 e. The molecule has 6 heteroatoms. The van der Waals surface area contributed by atoms with Gasteiger partial charge in [0.25, 0.3) is 0 Å². The molecule has 1 aliphatic rings. The Morgan fingerprint density at radius 1 is 0.972 bits per heavy atom. The van der Waals surface area contributed by atoms with Crippen molar-refractivity contribution >= 4 is 22.6 Å². The summed E-state index contributed by atoms with van der Waals surface area (Å²) in [6.07, 6.45) is 1.28. The van der Waals surface area contributed by atoms with Crippen LogP contribution in [0.1, 0.15) is 42.6 Å². The van der Waals surface area contributed by atoms with Gasteiger partial charge in [0.05, 0.1) is 29.9 Å². The van der Waals surface area contributed by atoms with E-state index in [9.17, 15) is 4.79 Å². The monoisotopic (exact) mass is 483 g/mol. The second-order valence-electron chi connectivity index (χ2n) is 9.39. The van der Waals surface area contributed by atoms with Crippen LogP contribution in [0, 0.1) is 13.8 Å². The Balaban J connectivity index is 1.36. The lowest BCUT2D eigenvalue weighted by molar-refractivity contribution is -0.117. The number of para-hydroxylation sites is 4. The molecule has 2 heterocycles. The van der Waals surface area contributed by atoms with Gasteiger partial charge in [-0.05, 0) is 68.7 Å². The molecule has 1 atom stereocenters. The third kappa shape index (κ3) is 4.81. The number of imidazole rings is 1. The molecule has 0 unspecified atom stereocenters. The van der Waals surface area contributed by atoms with Crippen molar-refractivity contribution in [2.24, 2.45) is 0 Å². The van der Waals surface area contributed by atoms with Crippen LogP contribution >= 0.6 is 0 Å². The zero-order valence-electron chi connectivity index (χ0n) is 21.2. The van der Waals surface area contributed by atoms with Crippen LogP contribution in [0.4, 0.5) is 5.69 Å². The van der Waals surface area contributed by atoms with E-state index >= 15 is 0 Å². The Morgan fingerprint density at radius 2 is 1.78 bits per heavy atom. The Kier molecular flexibility index (Phi) is 6.94. The molecule has 4 aromatic rings. The van der Waals surface area contributed by atoms with Crippen LogP contribution in [-0.2, 0) is 11.3 Å². The molecule has 3 aromatic carbocycles. The fraction of sp³-hybridized carbons (Fsp3) is 0.333. The number of aromatic nitrogens is 2. The Labute approximate surface area is 212 Å². The maximum absolute atomic E-state index is 13.1. The summed E-state index contributed by atoms with van der Waals surface area (Å²) in [5, 5.41) is 0. The second kappa shape index (κ2) is 10.4. The zero-order valence-corrected chi connectivity index (χ0v) is 21.2. The molecule has 186 valence electrons. The highest BCUT2D eigenvalue weighted by molar-refractivity contribution is 5.97. The second-order valence-corrected chi connectivity index (χ2v) is 9.39. The van der Waals surface area contributed by atoms with E-state index in [1.807, 2.05) is 54.3 Å². The van der Waals surface area contributed by atoms with Crippen LogP contribution in [0.3, 0.4) is 0 Å². The van der Waals surface area contributed by atoms with Gasteiger partial charge in [-0.25, -0.2) is 4.98 Å². The number of aryl methyl sites for hydroxylation is 3. The first-order valence-corrected chi connectivity index (χ1v) is 12.7. The smallest absolute Gasteiger partial charge is 0.227 e. The van der Waals surface area contributed by atoms with Gasteiger partial charge in [-0.1, -0.05) is 36.4 Å². The van der Waals surface area contributed by atoms with Crippen LogP contribution in [0.2, 0.25) is 0 Å². The highest BCUT2D eigenvalue weighted by Crippen LogP contribution is 2.37. The Hall–Kier alpha value is -3.80. The SMILES string of the molecule is CCOc1ccccc1N1C[C@H](c2nc3ccccc3n2CCCOc2cc(C)ccc2C)CC1=O. The quantitative estimate of drug-likeness (QED) is 0.272. The largest absolute Gasteiger partial charge is 0.493 e. The average molecular weight is 484 g/mol. The van der Waals surface area contributed by atoms with Crippen LogP contribution in [0.5, 0.6) is 11.5 Å². The van der Waals surface area contributed by atoms with Crippen molar-refractivity contribution < 1.29 is 14.3 Å². The van der Waals surface area contributed by atoms with Crippen molar-refractivity contribution in [1.29, 1.82) is 0 Å². The minimum Gasteiger partial charge on any atom is -0.493 e. The number of amides is 1. The summed E-state index contributed by atoms with van der Waals surface area (Å²) < 4.78 is 14.2. The van der Waals surface area contributed by atoms with Crippen molar-refractivity contribution in [1.82, 2.24) is 9.55 Å². The summed E-state index contributed by atoms with van der Waals surface area (Å²) >= 11 is 0. The van der Waals surface area contributed by atoms with E-state index in [-0.39, 0.29) is 11.8 Å². The summed E-state index contributed by atoms with van der Waals surface area (Å²) in [5.41, 5.74) is 5.23. The molecule has 0 N–H and O–H groups in total. The molecule has 0 bridgehead atoms. The van der Waals surface area contributed by atoms with Crippen LogP contribution in [0.15, 0.2) is 66.7 Å². The standard InChI is InChI=1S/C30H33N3O3/c1-4-35-27-13-8-7-12-26(27)33-20-23(19-29(33)34)30-31-24-10-5-6-11-25(24)32(30)16-9-17-36-28-18-21(2)14-15-22(28)3/h5-8,10-15,18,23H,4,9,16-17,19-20H2,1-3H3/t23-/m1/s1. The van der Waals surface area contributed by atoms with E-state index in [2.05, 4.69) is 42.7 Å². The first kappa shape index (κ1) is 23.9. The minimum atomic E-state index is 0.0134. The molecule has 0 saturated carbocycles. The number of anilines is 1. The molecule has 0 radical (unpaired) electrons. The van der Waals surface area contributed by atoms with Crippen molar-refractivity contribution in [2.75, 3.05) is 24.7 Å².